The number of hydrogen-bond acceptors (Lipinski definition) is 1. The van der Waals surface area contributed by atoms with Crippen LogP contribution in [0.2, 0.25) is 0 Å². The highest BCUT2D eigenvalue weighted by molar-refractivity contribution is 7.30. The zero-order valence-corrected chi connectivity index (χ0v) is 9.89. The normalized spacial score (nSPS) is 9.44. The maximum absolute atomic E-state index is 8.70. The summed E-state index contributed by atoms with van der Waals surface area (Å²) in [5.41, 5.74) is 1.41. The molecule has 0 amide bonds. The van der Waals surface area contributed by atoms with Crippen molar-refractivity contribution < 1.29 is 14.4 Å². The van der Waals surface area contributed by atoms with Gasteiger partial charge in [-0.3, -0.25) is 0 Å². The van der Waals surface area contributed by atoms with Crippen LogP contribution in [-0.4, -0.2) is 9.79 Å². The van der Waals surface area contributed by atoms with Gasteiger partial charge in [-0.25, -0.2) is 0 Å². The lowest BCUT2D eigenvalue weighted by Crippen LogP contribution is -1.79. The summed E-state index contributed by atoms with van der Waals surface area (Å²) in [4.78, 5) is 14.2. The van der Waals surface area contributed by atoms with E-state index in [0.29, 0.717) is 0 Å². The van der Waals surface area contributed by atoms with E-state index in [0.717, 1.165) is 6.42 Å². The van der Waals surface area contributed by atoms with Gasteiger partial charge in [-0.05, 0) is 22.8 Å². The highest BCUT2D eigenvalue weighted by atomic mass is 31.1. The largest absolute Gasteiger partial charge is 0.692 e. The first kappa shape index (κ1) is 12.8. The number of hydrogen-bond donors (Lipinski definition) is 2. The molecule has 0 heterocycles. The highest BCUT2D eigenvalue weighted by Crippen LogP contribution is 2.15. The van der Waals surface area contributed by atoms with Crippen LogP contribution < -0.4 is 0 Å². The second-order valence-corrected chi connectivity index (χ2v) is 3.79. The second-order valence-electron chi connectivity index (χ2n) is 3.29. The minimum absolute atomic E-state index is 1.12. The van der Waals surface area contributed by atoms with E-state index in [1.54, 1.807) is 0 Å². The van der Waals surface area contributed by atoms with Crippen molar-refractivity contribution in [1.82, 2.24) is 0 Å². The van der Waals surface area contributed by atoms with Gasteiger partial charge in [0, 0.05) is 4.57 Å². The second kappa shape index (κ2) is 6.33. The molecule has 4 heteroatoms. The molecule has 0 aliphatic rings. The summed E-state index contributed by atoms with van der Waals surface area (Å²) in [6.07, 6.45) is 1.12. The molecule has 2 aromatic rings. The van der Waals surface area contributed by atoms with Crippen molar-refractivity contribution >= 4 is 19.0 Å². The Morgan fingerprint density at radius 1 is 1.06 bits per heavy atom. The Morgan fingerprint density at radius 2 is 1.62 bits per heavy atom. The van der Waals surface area contributed by atoms with Crippen molar-refractivity contribution in [2.45, 2.75) is 13.3 Å². The van der Waals surface area contributed by atoms with Gasteiger partial charge >= 0.3 is 8.25 Å². The van der Waals surface area contributed by atoms with Crippen LogP contribution in [0, 0.1) is 0 Å². The molecule has 84 valence electrons. The zero-order valence-electron chi connectivity index (χ0n) is 9.00. The molecule has 0 saturated carbocycles. The van der Waals surface area contributed by atoms with Crippen molar-refractivity contribution in [2.75, 3.05) is 0 Å². The maximum Gasteiger partial charge on any atom is 0.692 e. The van der Waals surface area contributed by atoms with Gasteiger partial charge in [0.15, 0.2) is 0 Å². The average molecular weight is 237 g/mol. The Balaban J connectivity index is 0.000000280. The summed E-state index contributed by atoms with van der Waals surface area (Å²) in [7, 11) is -2.87. The van der Waals surface area contributed by atoms with Crippen LogP contribution in [0.25, 0.3) is 10.8 Å². The smallest absolute Gasteiger partial charge is 0.134 e. The highest BCUT2D eigenvalue weighted by Gasteiger charge is 1.93. The summed E-state index contributed by atoms with van der Waals surface area (Å²) in [5.74, 6) is 0. The van der Waals surface area contributed by atoms with E-state index in [1.165, 1.54) is 16.3 Å². The lowest BCUT2D eigenvalue weighted by molar-refractivity contribution is 0.405. The van der Waals surface area contributed by atoms with Gasteiger partial charge in [0.25, 0.3) is 0 Å². The van der Waals surface area contributed by atoms with Crippen molar-refractivity contribution in [3.05, 3.63) is 48.0 Å². The van der Waals surface area contributed by atoms with E-state index in [1.807, 2.05) is 0 Å². The van der Waals surface area contributed by atoms with Crippen LogP contribution in [-0.2, 0) is 11.0 Å². The fourth-order valence-electron chi connectivity index (χ4n) is 1.46. The molecule has 0 fully saturated rings. The molecular formula is C12H14O3P+. The third-order valence-corrected chi connectivity index (χ3v) is 2.22. The van der Waals surface area contributed by atoms with Crippen molar-refractivity contribution in [1.29, 1.82) is 0 Å². The van der Waals surface area contributed by atoms with Crippen LogP contribution in [0.1, 0.15) is 12.5 Å². The average Bonchev–Trinajstić information content (AvgIpc) is 2.27. The van der Waals surface area contributed by atoms with Gasteiger partial charge in [0.1, 0.15) is 0 Å². The minimum Gasteiger partial charge on any atom is -0.134 e. The summed E-state index contributed by atoms with van der Waals surface area (Å²) in [6.45, 7) is 2.18. The number of aryl methyl sites for hydroxylation is 1. The molecule has 3 nitrogen and oxygen atoms in total. The summed E-state index contributed by atoms with van der Waals surface area (Å²) in [5, 5.41) is 2.67. The van der Waals surface area contributed by atoms with Crippen LogP contribution >= 0.6 is 8.25 Å². The monoisotopic (exact) mass is 237 g/mol. The molecule has 0 unspecified atom stereocenters. The topological polar surface area (TPSA) is 57.5 Å². The van der Waals surface area contributed by atoms with E-state index in [-0.39, 0.29) is 0 Å². The third-order valence-electron chi connectivity index (χ3n) is 2.22. The lowest BCUT2D eigenvalue weighted by Gasteiger charge is -1.99. The van der Waals surface area contributed by atoms with E-state index in [2.05, 4.69) is 49.4 Å². The van der Waals surface area contributed by atoms with Crippen LogP contribution in [0.5, 0.6) is 0 Å². The third kappa shape index (κ3) is 4.07. The first-order valence-corrected chi connectivity index (χ1v) is 6.12. The van der Waals surface area contributed by atoms with Crippen LogP contribution in [0.3, 0.4) is 0 Å². The molecule has 0 radical (unpaired) electrons. The SMILES string of the molecule is CCc1ccc2ccccc2c1.O=[P+](O)O. The molecule has 0 aliphatic carbocycles. The lowest BCUT2D eigenvalue weighted by atomic mass is 10.1. The standard InChI is InChI=1S/C12H12.HO3P/c1-2-10-7-8-11-5-3-4-6-12(11)9-10;1-4(2)3/h3-9H,2H2,1H3;(H-,1,2,3)/p+1. The molecule has 0 spiro atoms. The number of rotatable bonds is 1. The van der Waals surface area contributed by atoms with Crippen LogP contribution in [0.4, 0.5) is 0 Å². The molecule has 0 saturated heterocycles. The first-order valence-electron chi connectivity index (χ1n) is 4.96. The van der Waals surface area contributed by atoms with Gasteiger partial charge in [-0.1, -0.05) is 49.4 Å². The molecule has 0 aromatic heterocycles. The molecule has 0 aliphatic heterocycles. The molecular weight excluding hydrogens is 223 g/mol. The molecule has 2 aromatic carbocycles. The molecule has 0 bridgehead atoms. The summed E-state index contributed by atoms with van der Waals surface area (Å²) >= 11 is 0. The Hall–Kier alpha value is -1.28. The van der Waals surface area contributed by atoms with E-state index < -0.39 is 8.25 Å². The number of benzene rings is 2. The molecule has 0 atom stereocenters. The van der Waals surface area contributed by atoms with Gasteiger partial charge in [0.05, 0.1) is 0 Å². The van der Waals surface area contributed by atoms with Crippen molar-refractivity contribution in [3.8, 4) is 0 Å². The van der Waals surface area contributed by atoms with Gasteiger partial charge in [0.2, 0.25) is 0 Å². The predicted molar refractivity (Wildman–Crippen MR) is 65.4 cm³/mol. The van der Waals surface area contributed by atoms with E-state index in [4.69, 9.17) is 14.4 Å². The summed E-state index contributed by atoms with van der Waals surface area (Å²) in [6, 6.07) is 15.1. The minimum atomic E-state index is -2.87. The first-order chi connectivity index (χ1) is 7.63. The Morgan fingerprint density at radius 3 is 2.19 bits per heavy atom. The fourth-order valence-corrected chi connectivity index (χ4v) is 1.46. The molecule has 2 N–H and O–H groups in total. The Bertz CT molecular complexity index is 478. The Kier molecular flexibility index (Phi) is 5.06. The number of fused-ring (bicyclic) bond motifs is 1. The molecule has 16 heavy (non-hydrogen) atoms. The van der Waals surface area contributed by atoms with Crippen LogP contribution in [0.15, 0.2) is 42.5 Å². The summed E-state index contributed by atoms with van der Waals surface area (Å²) < 4.78 is 8.70. The van der Waals surface area contributed by atoms with Crippen molar-refractivity contribution in [2.24, 2.45) is 0 Å². The van der Waals surface area contributed by atoms with Gasteiger partial charge < -0.3 is 0 Å². The van der Waals surface area contributed by atoms with E-state index >= 15 is 0 Å². The van der Waals surface area contributed by atoms with E-state index in [9.17, 15) is 0 Å². The van der Waals surface area contributed by atoms with Gasteiger partial charge in [-0.2, -0.15) is 0 Å². The maximum atomic E-state index is 8.70. The zero-order chi connectivity index (χ0) is 12.0. The van der Waals surface area contributed by atoms with Gasteiger partial charge in [-0.15, -0.1) is 9.79 Å². The molecule has 2 rings (SSSR count). The predicted octanol–water partition coefficient (Wildman–Crippen LogP) is 3.03. The van der Waals surface area contributed by atoms with Crippen molar-refractivity contribution in [3.63, 3.8) is 0 Å². The Labute approximate surface area is 95.3 Å². The fraction of sp³-hybridized carbons (Fsp3) is 0.167. The quantitative estimate of drug-likeness (QED) is 0.749.